The first kappa shape index (κ1) is 15.7. The van der Waals surface area contributed by atoms with E-state index in [1.807, 2.05) is 37.1 Å². The number of hydrogen-bond donors (Lipinski definition) is 0. The average Bonchev–Trinajstić information content (AvgIpc) is 3.24. The fourth-order valence-electron chi connectivity index (χ4n) is 3.46. The van der Waals surface area contributed by atoms with Crippen LogP contribution in [0.3, 0.4) is 0 Å². The minimum atomic E-state index is 0.601. The van der Waals surface area contributed by atoms with Gasteiger partial charge in [-0.15, -0.1) is 0 Å². The Hall–Kier alpha value is -2.76. The molecule has 0 unspecified atom stereocenters. The van der Waals surface area contributed by atoms with Crippen molar-refractivity contribution in [3.05, 3.63) is 54.5 Å². The molecule has 1 saturated heterocycles. The fraction of sp³-hybridized carbons (Fsp3) is 0.368. The lowest BCUT2D eigenvalue weighted by atomic mass is 10.0. The lowest BCUT2D eigenvalue weighted by Crippen LogP contribution is -2.21. The van der Waals surface area contributed by atoms with E-state index in [-0.39, 0.29) is 0 Å². The van der Waals surface area contributed by atoms with E-state index in [4.69, 9.17) is 4.98 Å². The highest BCUT2D eigenvalue weighted by Crippen LogP contribution is 2.25. The van der Waals surface area contributed by atoms with Crippen LogP contribution in [0, 0.1) is 12.8 Å². The smallest absolute Gasteiger partial charge is 0.132 e. The molecule has 6 nitrogen and oxygen atoms in total. The van der Waals surface area contributed by atoms with Crippen LogP contribution in [0.25, 0.3) is 11.4 Å². The van der Waals surface area contributed by atoms with Crippen LogP contribution in [0.15, 0.2) is 43.1 Å². The molecule has 0 aliphatic carbocycles. The Balaban J connectivity index is 1.46. The number of nitrogens with zero attached hydrogens (tertiary/aromatic N) is 6. The maximum absolute atomic E-state index is 4.85. The van der Waals surface area contributed by atoms with Crippen LogP contribution < -0.4 is 4.90 Å². The molecule has 1 aliphatic heterocycles. The van der Waals surface area contributed by atoms with Crippen molar-refractivity contribution in [3.63, 3.8) is 0 Å². The first-order valence-electron chi connectivity index (χ1n) is 8.65. The van der Waals surface area contributed by atoms with Gasteiger partial charge in [-0.3, -0.25) is 4.98 Å². The highest BCUT2D eigenvalue weighted by Gasteiger charge is 2.24. The summed E-state index contributed by atoms with van der Waals surface area (Å²) in [6.07, 6.45) is 7.48. The largest absolute Gasteiger partial charge is 0.356 e. The first-order chi connectivity index (χ1) is 12.2. The predicted octanol–water partition coefficient (Wildman–Crippen LogP) is 2.65. The van der Waals surface area contributed by atoms with Crippen molar-refractivity contribution >= 4 is 5.82 Å². The van der Waals surface area contributed by atoms with Crippen molar-refractivity contribution in [1.29, 1.82) is 0 Å². The highest BCUT2D eigenvalue weighted by molar-refractivity contribution is 5.53. The van der Waals surface area contributed by atoms with Crippen molar-refractivity contribution in [2.45, 2.75) is 19.8 Å². The molecule has 1 fully saturated rings. The second kappa shape index (κ2) is 6.63. The second-order valence-electron chi connectivity index (χ2n) is 6.73. The topological polar surface area (TPSA) is 59.7 Å². The Bertz CT molecular complexity index is 872. The van der Waals surface area contributed by atoms with Crippen LogP contribution in [0.5, 0.6) is 0 Å². The maximum atomic E-state index is 4.85. The van der Waals surface area contributed by atoms with Crippen molar-refractivity contribution in [2.75, 3.05) is 18.0 Å². The number of pyridine rings is 1. The number of hydrogen-bond acceptors (Lipinski definition) is 5. The second-order valence-corrected chi connectivity index (χ2v) is 6.73. The summed E-state index contributed by atoms with van der Waals surface area (Å²) in [5.41, 5.74) is 4.19. The zero-order valence-corrected chi connectivity index (χ0v) is 14.6. The van der Waals surface area contributed by atoms with Gasteiger partial charge in [0.05, 0.1) is 23.9 Å². The van der Waals surface area contributed by atoms with Gasteiger partial charge in [0, 0.05) is 37.6 Å². The van der Waals surface area contributed by atoms with Gasteiger partial charge in [-0.1, -0.05) is 6.07 Å². The molecule has 0 aromatic carbocycles. The van der Waals surface area contributed by atoms with Crippen LogP contribution in [0.4, 0.5) is 5.82 Å². The van der Waals surface area contributed by atoms with Gasteiger partial charge in [-0.2, -0.15) is 0 Å². The number of aromatic nitrogens is 5. The van der Waals surface area contributed by atoms with Gasteiger partial charge in [0.1, 0.15) is 12.1 Å². The Kier molecular flexibility index (Phi) is 4.17. The third-order valence-electron chi connectivity index (χ3n) is 4.78. The van der Waals surface area contributed by atoms with Gasteiger partial charge in [0.2, 0.25) is 0 Å². The van der Waals surface area contributed by atoms with Crippen LogP contribution in [-0.2, 0) is 13.5 Å². The van der Waals surface area contributed by atoms with Gasteiger partial charge < -0.3 is 9.47 Å². The summed E-state index contributed by atoms with van der Waals surface area (Å²) in [5.74, 6) is 1.64. The molecule has 0 saturated carbocycles. The summed E-state index contributed by atoms with van der Waals surface area (Å²) in [4.78, 5) is 20.0. The molecule has 128 valence electrons. The van der Waals surface area contributed by atoms with Gasteiger partial charge in [-0.25, -0.2) is 15.0 Å². The van der Waals surface area contributed by atoms with E-state index < -0.39 is 0 Å². The minimum Gasteiger partial charge on any atom is -0.356 e. The van der Waals surface area contributed by atoms with E-state index in [1.54, 1.807) is 6.33 Å². The Morgan fingerprint density at radius 2 is 2.16 bits per heavy atom. The van der Waals surface area contributed by atoms with E-state index in [9.17, 15) is 0 Å². The van der Waals surface area contributed by atoms with Gasteiger partial charge in [0.15, 0.2) is 0 Å². The quantitative estimate of drug-likeness (QED) is 0.734. The standard InChI is InChI=1S/C19H22N6/c1-14-8-19(22-12-21-14)25-7-6-15(11-25)9-16-4-3-5-17(23-16)18-10-20-13-24(18)2/h3-5,8,10,12-13,15H,6-7,9,11H2,1-2H3/t15-/m0/s1. The van der Waals surface area contributed by atoms with E-state index in [2.05, 4.69) is 38.1 Å². The van der Waals surface area contributed by atoms with Crippen molar-refractivity contribution in [1.82, 2.24) is 24.5 Å². The Morgan fingerprint density at radius 3 is 2.96 bits per heavy atom. The summed E-state index contributed by atoms with van der Waals surface area (Å²) < 4.78 is 2.00. The molecule has 0 spiro atoms. The molecule has 1 atom stereocenters. The molecule has 25 heavy (non-hydrogen) atoms. The molecule has 3 aromatic rings. The zero-order chi connectivity index (χ0) is 17.2. The van der Waals surface area contributed by atoms with Crippen molar-refractivity contribution in [3.8, 4) is 11.4 Å². The van der Waals surface area contributed by atoms with Crippen LogP contribution >= 0.6 is 0 Å². The first-order valence-corrected chi connectivity index (χ1v) is 8.65. The van der Waals surface area contributed by atoms with Gasteiger partial charge in [-0.05, 0) is 37.8 Å². The lowest BCUT2D eigenvalue weighted by molar-refractivity contribution is 0.577. The molecule has 6 heteroatoms. The molecular weight excluding hydrogens is 312 g/mol. The molecule has 1 aliphatic rings. The molecule has 0 bridgehead atoms. The molecule has 3 aromatic heterocycles. The number of imidazole rings is 1. The number of aryl methyl sites for hydroxylation is 2. The summed E-state index contributed by atoms with van der Waals surface area (Å²) in [5, 5.41) is 0. The lowest BCUT2D eigenvalue weighted by Gasteiger charge is -2.17. The summed E-state index contributed by atoms with van der Waals surface area (Å²) in [7, 11) is 2.00. The summed E-state index contributed by atoms with van der Waals surface area (Å²) >= 11 is 0. The van der Waals surface area contributed by atoms with Crippen LogP contribution in [0.1, 0.15) is 17.8 Å². The predicted molar refractivity (Wildman–Crippen MR) is 97.2 cm³/mol. The molecule has 0 radical (unpaired) electrons. The molecular formula is C19H22N6. The van der Waals surface area contributed by atoms with E-state index in [0.717, 1.165) is 48.1 Å². The molecule has 0 N–H and O–H groups in total. The van der Waals surface area contributed by atoms with Crippen LogP contribution in [-0.4, -0.2) is 37.6 Å². The molecule has 0 amide bonds. The number of anilines is 1. The highest BCUT2D eigenvalue weighted by atomic mass is 15.2. The Morgan fingerprint density at radius 1 is 1.24 bits per heavy atom. The summed E-state index contributed by atoms with van der Waals surface area (Å²) in [6, 6.07) is 8.32. The minimum absolute atomic E-state index is 0.601. The van der Waals surface area contributed by atoms with Crippen molar-refractivity contribution < 1.29 is 0 Å². The average molecular weight is 334 g/mol. The third kappa shape index (κ3) is 3.38. The van der Waals surface area contributed by atoms with E-state index in [1.165, 1.54) is 6.42 Å². The monoisotopic (exact) mass is 334 g/mol. The van der Waals surface area contributed by atoms with E-state index in [0.29, 0.717) is 5.92 Å². The maximum Gasteiger partial charge on any atom is 0.132 e. The van der Waals surface area contributed by atoms with E-state index >= 15 is 0 Å². The van der Waals surface area contributed by atoms with Crippen molar-refractivity contribution in [2.24, 2.45) is 13.0 Å². The zero-order valence-electron chi connectivity index (χ0n) is 14.6. The third-order valence-corrected chi connectivity index (χ3v) is 4.78. The SMILES string of the molecule is Cc1cc(N2CC[C@@H](Cc3cccc(-c4cncn4C)n3)C2)ncn1. The fourth-order valence-corrected chi connectivity index (χ4v) is 3.46. The number of rotatable bonds is 4. The normalized spacial score (nSPS) is 17.2. The van der Waals surface area contributed by atoms with Crippen LogP contribution in [0.2, 0.25) is 0 Å². The summed E-state index contributed by atoms with van der Waals surface area (Å²) in [6.45, 7) is 4.07. The Labute approximate surface area is 147 Å². The van der Waals surface area contributed by atoms with Gasteiger partial charge in [0.25, 0.3) is 0 Å². The van der Waals surface area contributed by atoms with Gasteiger partial charge >= 0.3 is 0 Å². The molecule has 4 rings (SSSR count). The molecule has 4 heterocycles.